The van der Waals surface area contributed by atoms with Crippen molar-refractivity contribution in [3.8, 4) is 0 Å². The Bertz CT molecular complexity index is 3190. The molecule has 16 heteroatoms. The number of carbonyl (C=O) groups excluding carboxylic acids is 5. The van der Waals surface area contributed by atoms with Gasteiger partial charge < -0.3 is 43.0 Å². The molecule has 99 heavy (non-hydrogen) atoms. The zero-order valence-corrected chi connectivity index (χ0v) is 62.0. The lowest BCUT2D eigenvalue weighted by atomic mass is 9.70. The molecule has 0 saturated heterocycles. The van der Waals surface area contributed by atoms with Gasteiger partial charge in [0.15, 0.2) is 13.6 Å². The third kappa shape index (κ3) is 13.0. The topological polar surface area (TPSA) is 196 Å². The van der Waals surface area contributed by atoms with Crippen LogP contribution in [-0.2, 0) is 57.1 Å². The number of rotatable bonds is 20. The van der Waals surface area contributed by atoms with E-state index in [1.54, 1.807) is 12.1 Å². The van der Waals surface area contributed by atoms with Gasteiger partial charge in [-0.15, -0.1) is 0 Å². The Morgan fingerprint density at radius 2 is 0.788 bits per heavy atom. The van der Waals surface area contributed by atoms with Crippen LogP contribution < -0.4 is 0 Å². The van der Waals surface area contributed by atoms with Crippen molar-refractivity contribution in [3.63, 3.8) is 0 Å². The minimum atomic E-state index is -1.10. The molecule has 15 saturated carbocycles. The van der Waals surface area contributed by atoms with Crippen LogP contribution in [-0.4, -0.2) is 98.7 Å². The molecule has 15 fully saturated rings. The molecular weight excluding hydrogens is 1270 g/mol. The summed E-state index contributed by atoms with van der Waals surface area (Å²) in [6.45, 7) is 23.0. The number of allylic oxidation sites excluding steroid dienone is 2. The third-order valence-electron chi connectivity index (χ3n) is 33.0. The van der Waals surface area contributed by atoms with Gasteiger partial charge in [-0.1, -0.05) is 117 Å². The van der Waals surface area contributed by atoms with Crippen molar-refractivity contribution in [2.24, 2.45) is 151 Å². The van der Waals surface area contributed by atoms with E-state index in [2.05, 4.69) is 74.5 Å². The van der Waals surface area contributed by atoms with E-state index >= 15 is 0 Å². The number of fused-ring (bicyclic) bond motifs is 16. The summed E-state index contributed by atoms with van der Waals surface area (Å²) in [6.07, 6.45) is 34.1. The van der Waals surface area contributed by atoms with Crippen molar-refractivity contribution in [1.82, 2.24) is 0 Å². The molecule has 15 nitrogen and oxygen atoms in total. The Balaban J connectivity index is 0.000000119. The first kappa shape index (κ1) is 71.9. The summed E-state index contributed by atoms with van der Waals surface area (Å²) >= 11 is 5.46. The van der Waals surface area contributed by atoms with Crippen LogP contribution in [0.2, 0.25) is 0 Å². The fourth-order valence-corrected chi connectivity index (χ4v) is 25.7. The lowest BCUT2D eigenvalue weighted by Crippen LogP contribution is -2.42. The molecule has 26 unspecified atom stereocenters. The SMILES string of the molecule is CC1(C)C2CCC1(C)C(OC(=O)C1C3C=CC(C3)C1C(=O)OCOCC1CC3CCC1C3)C2.CC1(C)C2CCC1(C)C(OC(=O)C1C3CCC(C3)C1C(=O)OCOCC1CC3CCC1C3)C2.CC1(C)C2CCC1(C)C(OC(=O)c1ccccc1C(=O)O)C2.ClCOCC1CC2CCC1C2. The van der Waals surface area contributed by atoms with E-state index in [4.69, 9.17) is 49.5 Å². The Morgan fingerprint density at radius 1 is 0.414 bits per heavy atom. The Hall–Kier alpha value is -4.05. The van der Waals surface area contributed by atoms with Crippen molar-refractivity contribution in [2.75, 3.05) is 39.5 Å². The number of benzene rings is 1. The minimum absolute atomic E-state index is 0.0000645. The van der Waals surface area contributed by atoms with Crippen LogP contribution in [0.4, 0.5) is 0 Å². The van der Waals surface area contributed by atoms with Crippen molar-refractivity contribution in [3.05, 3.63) is 47.5 Å². The monoisotopic (exact) mass is 1390 g/mol. The Kier molecular flexibility index (Phi) is 20.4. The molecule has 0 radical (unpaired) electrons. The number of hydrogen-bond donors (Lipinski definition) is 1. The molecular formula is C83H119ClO15. The fraction of sp³-hybridized carbons (Fsp3) is 0.831. The third-order valence-corrected chi connectivity index (χ3v) is 33.2. The van der Waals surface area contributed by atoms with Gasteiger partial charge >= 0.3 is 35.8 Å². The normalized spacial score (nSPS) is 43.9. The number of esters is 5. The summed E-state index contributed by atoms with van der Waals surface area (Å²) in [6, 6.07) is 6.60. The lowest BCUT2D eigenvalue weighted by molar-refractivity contribution is -0.177. The molecule has 1 aromatic carbocycles. The van der Waals surface area contributed by atoms with Gasteiger partial charge in [-0.05, 0) is 264 Å². The van der Waals surface area contributed by atoms with Gasteiger partial charge in [-0.2, -0.15) is 0 Å². The maximum atomic E-state index is 13.5. The van der Waals surface area contributed by atoms with Gasteiger partial charge in [0.25, 0.3) is 0 Å². The summed E-state index contributed by atoms with van der Waals surface area (Å²) in [5, 5.41) is 9.21. The fourth-order valence-electron chi connectivity index (χ4n) is 25.6. The van der Waals surface area contributed by atoms with Gasteiger partial charge in [0.1, 0.15) is 24.4 Å². The van der Waals surface area contributed by atoms with Gasteiger partial charge in [-0.25, -0.2) is 9.59 Å². The number of hydrogen-bond acceptors (Lipinski definition) is 14. The first-order chi connectivity index (χ1) is 47.2. The molecule has 0 spiro atoms. The van der Waals surface area contributed by atoms with Crippen molar-refractivity contribution in [2.45, 2.75) is 241 Å². The van der Waals surface area contributed by atoms with Crippen LogP contribution in [0, 0.1) is 151 Å². The molecule has 1 N–H and O–H groups in total. The molecule has 0 heterocycles. The van der Waals surface area contributed by atoms with Gasteiger partial charge in [0, 0.05) is 16.2 Å². The number of halogens is 1. The van der Waals surface area contributed by atoms with E-state index < -0.39 is 23.8 Å². The van der Waals surface area contributed by atoms with E-state index in [-0.39, 0.29) is 135 Å². The highest BCUT2D eigenvalue weighted by Gasteiger charge is 2.67. The Morgan fingerprint density at radius 3 is 1.16 bits per heavy atom. The van der Waals surface area contributed by atoms with E-state index in [1.807, 2.05) is 0 Å². The lowest BCUT2D eigenvalue weighted by Gasteiger charge is -2.39. The van der Waals surface area contributed by atoms with E-state index in [0.717, 1.165) is 112 Å². The highest BCUT2D eigenvalue weighted by molar-refractivity contribution is 6.17. The summed E-state index contributed by atoms with van der Waals surface area (Å²) in [7, 11) is 0. The van der Waals surface area contributed by atoms with Crippen LogP contribution in [0.3, 0.4) is 0 Å². The minimum Gasteiger partial charge on any atom is -0.478 e. The molecule has 1 aromatic rings. The number of aromatic carboxylic acids is 1. The summed E-state index contributed by atoms with van der Waals surface area (Å²) < 4.78 is 46.2. The first-order valence-electron chi connectivity index (χ1n) is 39.5. The molecule has 16 aliphatic rings. The number of carboxylic acids is 1. The molecule has 26 atom stereocenters. The van der Waals surface area contributed by atoms with Gasteiger partial charge in [0.05, 0.1) is 54.6 Å². The summed E-state index contributed by atoms with van der Waals surface area (Å²) in [5.41, 5.74) is 0.760. The second kappa shape index (κ2) is 28.1. The van der Waals surface area contributed by atoms with Crippen molar-refractivity contribution < 1.29 is 71.8 Å². The maximum Gasteiger partial charge on any atom is 0.339 e. The average Bonchev–Trinajstić information content (AvgIpc) is 1.57. The zero-order valence-electron chi connectivity index (χ0n) is 61.2. The predicted molar refractivity (Wildman–Crippen MR) is 373 cm³/mol. The van der Waals surface area contributed by atoms with Crippen LogP contribution in [0.25, 0.3) is 0 Å². The quantitative estimate of drug-likeness (QED) is 0.0323. The van der Waals surface area contributed by atoms with Crippen LogP contribution in [0.5, 0.6) is 0 Å². The average molecular weight is 1390 g/mol. The van der Waals surface area contributed by atoms with Crippen molar-refractivity contribution >= 4 is 47.4 Å². The molecule has 0 aliphatic heterocycles. The molecule has 16 bridgehead atoms. The smallest absolute Gasteiger partial charge is 0.339 e. The number of alkyl halides is 1. The molecule has 0 aromatic heterocycles. The van der Waals surface area contributed by atoms with Crippen LogP contribution in [0.15, 0.2) is 36.4 Å². The number of carbonyl (C=O) groups is 6. The summed E-state index contributed by atoms with van der Waals surface area (Å²) in [4.78, 5) is 76.7. The van der Waals surface area contributed by atoms with Crippen molar-refractivity contribution in [1.29, 1.82) is 0 Å². The standard InChI is InChI=1S/C28H42O5.C28H40O5.C18H22O4.C9H15ClO/c2*1-27(2)21-8-9-28(27,3)22(13-21)33-26(30)24-19-7-6-18(12-19)23(24)25(29)32-15-31-14-20-11-16-4-5-17(20)10-16;1-17(2)11-8-9-18(17,3)14(10-11)22-16(21)13-7-5-4-6-12(13)15(19)20;10-6-11-5-9-4-7-1-2-8(9)3-7/h16-24H,4-15H2,1-3H3;6-7,16-24H,4-5,8-15H2,1-3H3;4-7,11,14H,8-10H2,1-3H3,(H,19,20);7-9H,1-6H2. The zero-order chi connectivity index (χ0) is 69.7. The Labute approximate surface area is 595 Å². The molecule has 548 valence electrons. The number of ether oxygens (including phenoxy) is 8. The van der Waals surface area contributed by atoms with E-state index in [1.165, 1.54) is 108 Å². The van der Waals surface area contributed by atoms with E-state index in [0.29, 0.717) is 48.9 Å². The largest absolute Gasteiger partial charge is 0.478 e. The van der Waals surface area contributed by atoms with Crippen LogP contribution in [0.1, 0.15) is 244 Å². The van der Waals surface area contributed by atoms with Crippen LogP contribution >= 0.6 is 11.6 Å². The molecule has 16 aliphatic carbocycles. The second-order valence-electron chi connectivity index (χ2n) is 37.5. The highest BCUT2D eigenvalue weighted by Crippen LogP contribution is 2.69. The molecule has 0 amide bonds. The predicted octanol–water partition coefficient (Wildman–Crippen LogP) is 16.9. The second-order valence-corrected chi connectivity index (χ2v) is 37.7. The number of carboxylic acid groups (broad SMARTS) is 1. The van der Waals surface area contributed by atoms with Gasteiger partial charge in [0.2, 0.25) is 0 Å². The summed E-state index contributed by atoms with van der Waals surface area (Å²) in [5.74, 6) is 6.05. The first-order valence-corrected chi connectivity index (χ1v) is 40.0. The highest BCUT2D eigenvalue weighted by atomic mass is 35.5. The maximum absolute atomic E-state index is 13.5. The molecule has 17 rings (SSSR count). The van der Waals surface area contributed by atoms with E-state index in [9.17, 15) is 33.9 Å². The van der Waals surface area contributed by atoms with Gasteiger partial charge in [-0.3, -0.25) is 19.2 Å².